The Hall–Kier alpha value is -2.41. The Morgan fingerprint density at radius 2 is 2.00 bits per heavy atom. The molecular formula is C16H13BrFNO4. The van der Waals surface area contributed by atoms with Crippen LogP contribution in [-0.2, 0) is 4.74 Å². The molecule has 0 bridgehead atoms. The molecule has 2 aromatic carbocycles. The first-order chi connectivity index (χ1) is 11.0. The van der Waals surface area contributed by atoms with Crippen LogP contribution in [-0.4, -0.2) is 18.7 Å². The number of hydrogen-bond acceptors (Lipinski definition) is 4. The summed E-state index contributed by atoms with van der Waals surface area (Å²) in [6, 6.07) is 9.95. The minimum Gasteiger partial charge on any atom is -0.450 e. The molecule has 0 aromatic heterocycles. The minimum atomic E-state index is -0.648. The molecule has 2 rings (SSSR count). The number of amides is 1. The normalized spacial score (nSPS) is 10.0. The standard InChI is InChI=1S/C16H13BrFNO4/c1-2-22-16(21)19-11-4-3-5-12(9-11)23-15(20)13-7-6-10(18)8-14(13)17/h3-9H,2H2,1H3,(H,19,21). The van der Waals surface area contributed by atoms with Crippen LogP contribution in [0.15, 0.2) is 46.9 Å². The lowest BCUT2D eigenvalue weighted by Gasteiger charge is -2.09. The summed E-state index contributed by atoms with van der Waals surface area (Å²) in [5.41, 5.74) is 0.613. The molecule has 0 radical (unpaired) electrons. The molecular weight excluding hydrogens is 369 g/mol. The zero-order valence-electron chi connectivity index (χ0n) is 12.1. The lowest BCUT2D eigenvalue weighted by atomic mass is 10.2. The molecule has 0 aliphatic carbocycles. The van der Waals surface area contributed by atoms with Crippen LogP contribution >= 0.6 is 15.9 Å². The summed E-state index contributed by atoms with van der Waals surface area (Å²) in [5, 5.41) is 2.50. The van der Waals surface area contributed by atoms with Gasteiger partial charge in [0.1, 0.15) is 11.6 Å². The van der Waals surface area contributed by atoms with Gasteiger partial charge in [0.25, 0.3) is 0 Å². The van der Waals surface area contributed by atoms with Crippen LogP contribution in [0.3, 0.4) is 0 Å². The molecule has 1 N–H and O–H groups in total. The predicted octanol–water partition coefficient (Wildman–Crippen LogP) is 4.38. The van der Waals surface area contributed by atoms with Crippen molar-refractivity contribution >= 4 is 33.7 Å². The third kappa shape index (κ3) is 4.79. The van der Waals surface area contributed by atoms with Gasteiger partial charge in [0.15, 0.2) is 0 Å². The Morgan fingerprint density at radius 1 is 1.22 bits per heavy atom. The highest BCUT2D eigenvalue weighted by Crippen LogP contribution is 2.22. The summed E-state index contributed by atoms with van der Waals surface area (Å²) in [6.45, 7) is 1.94. The van der Waals surface area contributed by atoms with E-state index in [4.69, 9.17) is 9.47 Å². The van der Waals surface area contributed by atoms with E-state index in [0.29, 0.717) is 10.2 Å². The van der Waals surface area contributed by atoms with Crippen LogP contribution in [0, 0.1) is 5.82 Å². The maximum Gasteiger partial charge on any atom is 0.411 e. The number of rotatable bonds is 4. The number of ether oxygens (including phenoxy) is 2. The second kappa shape index (κ2) is 7.73. The van der Waals surface area contributed by atoms with Gasteiger partial charge in [-0.3, -0.25) is 5.32 Å². The highest BCUT2D eigenvalue weighted by atomic mass is 79.9. The van der Waals surface area contributed by atoms with Gasteiger partial charge >= 0.3 is 12.1 Å². The fourth-order valence-electron chi connectivity index (χ4n) is 1.74. The maximum absolute atomic E-state index is 13.0. The van der Waals surface area contributed by atoms with E-state index in [2.05, 4.69) is 21.2 Å². The maximum atomic E-state index is 13.0. The van der Waals surface area contributed by atoms with Crippen LogP contribution in [0.1, 0.15) is 17.3 Å². The van der Waals surface area contributed by atoms with Gasteiger partial charge in [-0.05, 0) is 53.2 Å². The molecule has 5 nitrogen and oxygen atoms in total. The van der Waals surface area contributed by atoms with Crippen LogP contribution in [0.5, 0.6) is 5.75 Å². The third-order valence-corrected chi connectivity index (χ3v) is 3.37. The van der Waals surface area contributed by atoms with Crippen molar-refractivity contribution in [3.8, 4) is 5.75 Å². The summed E-state index contributed by atoms with van der Waals surface area (Å²) in [6.07, 6.45) is -0.600. The fraction of sp³-hybridized carbons (Fsp3) is 0.125. The zero-order chi connectivity index (χ0) is 16.8. The highest BCUT2D eigenvalue weighted by Gasteiger charge is 2.14. The molecule has 1 amide bonds. The minimum absolute atomic E-state index is 0.190. The first-order valence-corrected chi connectivity index (χ1v) is 7.50. The highest BCUT2D eigenvalue weighted by molar-refractivity contribution is 9.10. The third-order valence-electron chi connectivity index (χ3n) is 2.72. The average Bonchev–Trinajstić information content (AvgIpc) is 2.47. The van der Waals surface area contributed by atoms with Crippen molar-refractivity contribution < 1.29 is 23.5 Å². The number of anilines is 1. The molecule has 0 saturated carbocycles. The van der Waals surface area contributed by atoms with Crippen molar-refractivity contribution in [2.24, 2.45) is 0 Å². The first-order valence-electron chi connectivity index (χ1n) is 6.70. The Kier molecular flexibility index (Phi) is 5.70. The van der Waals surface area contributed by atoms with Gasteiger partial charge in [-0.2, -0.15) is 0 Å². The molecule has 23 heavy (non-hydrogen) atoms. The molecule has 7 heteroatoms. The van der Waals surface area contributed by atoms with Gasteiger partial charge in [-0.25, -0.2) is 14.0 Å². The Labute approximate surface area is 140 Å². The van der Waals surface area contributed by atoms with Crippen molar-refractivity contribution in [1.82, 2.24) is 0 Å². The first kappa shape index (κ1) is 17.0. The van der Waals surface area contributed by atoms with E-state index in [9.17, 15) is 14.0 Å². The molecule has 0 heterocycles. The molecule has 0 atom stereocenters. The second-order valence-electron chi connectivity index (χ2n) is 4.39. The van der Waals surface area contributed by atoms with Crippen LogP contribution in [0.2, 0.25) is 0 Å². The fourth-order valence-corrected chi connectivity index (χ4v) is 2.25. The van der Waals surface area contributed by atoms with Gasteiger partial charge in [-0.15, -0.1) is 0 Å². The van der Waals surface area contributed by atoms with Crippen LogP contribution in [0.25, 0.3) is 0 Å². The lowest BCUT2D eigenvalue weighted by molar-refractivity contribution is 0.0734. The summed E-state index contributed by atoms with van der Waals surface area (Å²) in [7, 11) is 0. The SMILES string of the molecule is CCOC(=O)Nc1cccc(OC(=O)c2ccc(F)cc2Br)c1. The second-order valence-corrected chi connectivity index (χ2v) is 5.24. The number of esters is 1. The van der Waals surface area contributed by atoms with E-state index in [1.54, 1.807) is 25.1 Å². The van der Waals surface area contributed by atoms with E-state index in [-0.39, 0.29) is 17.9 Å². The number of carbonyl (C=O) groups excluding carboxylic acids is 2. The molecule has 0 unspecified atom stereocenters. The smallest absolute Gasteiger partial charge is 0.411 e. The quantitative estimate of drug-likeness (QED) is 0.630. The largest absolute Gasteiger partial charge is 0.450 e. The molecule has 0 fully saturated rings. The summed E-state index contributed by atoms with van der Waals surface area (Å²) in [5.74, 6) is -0.875. The molecule has 0 saturated heterocycles. The van der Waals surface area contributed by atoms with E-state index in [0.717, 1.165) is 0 Å². The van der Waals surface area contributed by atoms with Crippen molar-refractivity contribution in [3.05, 3.63) is 58.3 Å². The summed E-state index contributed by atoms with van der Waals surface area (Å²) in [4.78, 5) is 23.5. The van der Waals surface area contributed by atoms with Crippen molar-refractivity contribution in [3.63, 3.8) is 0 Å². The molecule has 0 aliphatic heterocycles. The average molecular weight is 382 g/mol. The van der Waals surface area contributed by atoms with Crippen LogP contribution < -0.4 is 10.1 Å². The molecule has 0 aliphatic rings. The zero-order valence-corrected chi connectivity index (χ0v) is 13.7. The van der Waals surface area contributed by atoms with Gasteiger partial charge in [0, 0.05) is 16.2 Å². The van der Waals surface area contributed by atoms with Crippen molar-refractivity contribution in [2.45, 2.75) is 6.92 Å². The number of carbonyl (C=O) groups is 2. The van der Waals surface area contributed by atoms with Gasteiger partial charge < -0.3 is 9.47 Å². The van der Waals surface area contributed by atoms with Gasteiger partial charge in [0.2, 0.25) is 0 Å². The number of hydrogen-bond donors (Lipinski definition) is 1. The molecule has 0 spiro atoms. The summed E-state index contributed by atoms with van der Waals surface area (Å²) >= 11 is 3.11. The molecule has 2 aromatic rings. The monoisotopic (exact) mass is 381 g/mol. The predicted molar refractivity (Wildman–Crippen MR) is 86.1 cm³/mol. The van der Waals surface area contributed by atoms with E-state index >= 15 is 0 Å². The van der Waals surface area contributed by atoms with Crippen LogP contribution in [0.4, 0.5) is 14.9 Å². The Bertz CT molecular complexity index is 736. The summed E-state index contributed by atoms with van der Waals surface area (Å²) < 4.78 is 23.3. The van der Waals surface area contributed by atoms with Gasteiger partial charge in [0.05, 0.1) is 12.2 Å². The van der Waals surface area contributed by atoms with Gasteiger partial charge in [-0.1, -0.05) is 6.07 Å². The van der Waals surface area contributed by atoms with E-state index in [1.165, 1.54) is 24.3 Å². The lowest BCUT2D eigenvalue weighted by Crippen LogP contribution is -2.13. The Balaban J connectivity index is 2.10. The van der Waals surface area contributed by atoms with E-state index < -0.39 is 17.9 Å². The van der Waals surface area contributed by atoms with Crippen molar-refractivity contribution in [1.29, 1.82) is 0 Å². The number of nitrogens with one attached hydrogen (secondary N) is 1. The van der Waals surface area contributed by atoms with E-state index in [1.807, 2.05) is 0 Å². The van der Waals surface area contributed by atoms with Crippen molar-refractivity contribution in [2.75, 3.05) is 11.9 Å². The molecule has 120 valence electrons. The number of benzene rings is 2. The Morgan fingerprint density at radius 3 is 2.70 bits per heavy atom. The number of halogens is 2. The topological polar surface area (TPSA) is 64.6 Å².